The molecule has 3 aromatic carbocycles. The smallest absolute Gasteiger partial charge is 0.228 e. The minimum atomic E-state index is -0.265. The van der Waals surface area contributed by atoms with Crippen molar-refractivity contribution in [3.8, 4) is 0 Å². The third-order valence-corrected chi connectivity index (χ3v) is 5.50. The van der Waals surface area contributed by atoms with Crippen LogP contribution in [-0.2, 0) is 17.8 Å². The molecule has 146 valence electrons. The molecule has 0 atom stereocenters. The van der Waals surface area contributed by atoms with Crippen LogP contribution in [0.1, 0.15) is 11.1 Å². The quantitative estimate of drug-likeness (QED) is 0.398. The number of hydrogen-bond acceptors (Lipinski definition) is 2. The zero-order chi connectivity index (χ0) is 20.4. The number of benzene rings is 3. The maximum Gasteiger partial charge on any atom is 0.228 e. The molecule has 0 spiro atoms. The van der Waals surface area contributed by atoms with Crippen LogP contribution in [0.25, 0.3) is 10.9 Å². The van der Waals surface area contributed by atoms with Gasteiger partial charge in [0, 0.05) is 26.8 Å². The molecule has 1 heterocycles. The molecule has 29 heavy (non-hydrogen) atoms. The summed E-state index contributed by atoms with van der Waals surface area (Å²) in [7, 11) is 0. The Labute approximate surface area is 180 Å². The van der Waals surface area contributed by atoms with Crippen LogP contribution in [0.4, 0.5) is 10.1 Å². The van der Waals surface area contributed by atoms with E-state index in [-0.39, 0.29) is 18.1 Å². The number of rotatable bonds is 5. The Hall–Kier alpha value is -2.70. The molecule has 0 saturated carbocycles. The third-order valence-electron chi connectivity index (χ3n) is 4.47. The average molecular weight is 473 g/mol. The van der Waals surface area contributed by atoms with E-state index in [0.29, 0.717) is 17.3 Å². The second kappa shape index (κ2) is 8.35. The monoisotopic (exact) mass is 471 g/mol. The van der Waals surface area contributed by atoms with Crippen LogP contribution >= 0.6 is 27.5 Å². The molecule has 0 aliphatic carbocycles. The molecule has 0 radical (unpaired) electrons. The second-order valence-corrected chi connectivity index (χ2v) is 7.92. The Kier molecular flexibility index (Phi) is 5.65. The highest BCUT2D eigenvalue weighted by atomic mass is 79.9. The van der Waals surface area contributed by atoms with Gasteiger partial charge in [-0.05, 0) is 57.4 Å². The third kappa shape index (κ3) is 4.66. The van der Waals surface area contributed by atoms with Gasteiger partial charge in [-0.3, -0.25) is 9.48 Å². The zero-order valence-corrected chi connectivity index (χ0v) is 17.5. The van der Waals surface area contributed by atoms with Crippen LogP contribution in [0.15, 0.2) is 71.3 Å². The number of halogens is 3. The number of fused-ring (bicyclic) bond motifs is 1. The first-order valence-corrected chi connectivity index (χ1v) is 10.1. The van der Waals surface area contributed by atoms with E-state index in [1.54, 1.807) is 22.9 Å². The second-order valence-electron chi connectivity index (χ2n) is 6.66. The molecule has 7 heteroatoms. The Morgan fingerprint density at radius 3 is 2.66 bits per heavy atom. The number of aromatic nitrogens is 2. The van der Waals surface area contributed by atoms with Crippen molar-refractivity contribution in [3.63, 3.8) is 0 Å². The van der Waals surface area contributed by atoms with Crippen molar-refractivity contribution in [1.29, 1.82) is 0 Å². The lowest BCUT2D eigenvalue weighted by atomic mass is 10.1. The molecule has 4 aromatic rings. The summed E-state index contributed by atoms with van der Waals surface area (Å²) in [6, 6.07) is 17.3. The molecular weight excluding hydrogens is 457 g/mol. The molecule has 0 aliphatic rings. The van der Waals surface area contributed by atoms with E-state index >= 15 is 0 Å². The first kappa shape index (κ1) is 19.6. The molecule has 0 aliphatic heterocycles. The summed E-state index contributed by atoms with van der Waals surface area (Å²) in [4.78, 5) is 12.4. The molecule has 0 bridgehead atoms. The molecule has 0 unspecified atom stereocenters. The summed E-state index contributed by atoms with van der Waals surface area (Å²) < 4.78 is 15.7. The Morgan fingerprint density at radius 1 is 1.14 bits per heavy atom. The standard InChI is InChI=1S/C22H16BrClFN3O/c23-19-10-17(26-22(29)9-15-3-1-2-4-20(15)24)11-21-18(19)13-28(27-21)12-14-5-7-16(25)8-6-14/h1-8,10-11,13H,9,12H2,(H,26,29). The number of carbonyl (C=O) groups is 1. The lowest BCUT2D eigenvalue weighted by molar-refractivity contribution is -0.115. The van der Waals surface area contributed by atoms with Crippen molar-refractivity contribution in [2.24, 2.45) is 0 Å². The van der Waals surface area contributed by atoms with Gasteiger partial charge in [-0.25, -0.2) is 4.39 Å². The summed E-state index contributed by atoms with van der Waals surface area (Å²) >= 11 is 9.68. The molecule has 0 saturated heterocycles. The Morgan fingerprint density at radius 2 is 1.90 bits per heavy atom. The summed E-state index contributed by atoms with van der Waals surface area (Å²) in [5, 5.41) is 8.97. The molecular formula is C22H16BrClFN3O. The van der Waals surface area contributed by atoms with Gasteiger partial charge in [0.1, 0.15) is 5.82 Å². The zero-order valence-electron chi connectivity index (χ0n) is 15.2. The van der Waals surface area contributed by atoms with Crippen molar-refractivity contribution < 1.29 is 9.18 Å². The molecule has 0 fully saturated rings. The van der Waals surface area contributed by atoms with Crippen molar-refractivity contribution in [2.45, 2.75) is 13.0 Å². The van der Waals surface area contributed by atoms with Gasteiger partial charge in [0.05, 0.1) is 18.5 Å². The number of anilines is 1. The predicted octanol–water partition coefficient (Wildman–Crippen LogP) is 5.82. The van der Waals surface area contributed by atoms with E-state index < -0.39 is 0 Å². The lowest BCUT2D eigenvalue weighted by Crippen LogP contribution is -2.14. The van der Waals surface area contributed by atoms with E-state index in [1.165, 1.54) is 12.1 Å². The van der Waals surface area contributed by atoms with Crippen molar-refractivity contribution in [1.82, 2.24) is 9.78 Å². The van der Waals surface area contributed by atoms with E-state index in [9.17, 15) is 9.18 Å². The molecule has 1 N–H and O–H groups in total. The summed E-state index contributed by atoms with van der Waals surface area (Å²) in [6.07, 6.45) is 2.10. The highest BCUT2D eigenvalue weighted by Crippen LogP contribution is 2.28. The minimum Gasteiger partial charge on any atom is -0.326 e. The molecule has 1 aromatic heterocycles. The van der Waals surface area contributed by atoms with Gasteiger partial charge in [0.2, 0.25) is 5.91 Å². The highest BCUT2D eigenvalue weighted by Gasteiger charge is 2.11. The minimum absolute atomic E-state index is 0.157. The lowest BCUT2D eigenvalue weighted by Gasteiger charge is -2.07. The largest absolute Gasteiger partial charge is 0.326 e. The van der Waals surface area contributed by atoms with E-state index in [4.69, 9.17) is 11.6 Å². The summed E-state index contributed by atoms with van der Waals surface area (Å²) in [5.41, 5.74) is 3.11. The number of nitrogens with zero attached hydrogens (tertiary/aromatic N) is 2. The van der Waals surface area contributed by atoms with Crippen molar-refractivity contribution >= 4 is 50.0 Å². The first-order valence-electron chi connectivity index (χ1n) is 8.92. The maximum absolute atomic E-state index is 13.1. The normalized spacial score (nSPS) is 11.0. The number of hydrogen-bond donors (Lipinski definition) is 1. The van der Waals surface area contributed by atoms with E-state index in [2.05, 4.69) is 26.3 Å². The van der Waals surface area contributed by atoms with Gasteiger partial charge in [0.25, 0.3) is 0 Å². The van der Waals surface area contributed by atoms with E-state index in [0.717, 1.165) is 26.5 Å². The van der Waals surface area contributed by atoms with Crippen LogP contribution in [0.2, 0.25) is 5.02 Å². The topological polar surface area (TPSA) is 46.9 Å². The predicted molar refractivity (Wildman–Crippen MR) is 117 cm³/mol. The van der Waals surface area contributed by atoms with E-state index in [1.807, 2.05) is 36.5 Å². The highest BCUT2D eigenvalue weighted by molar-refractivity contribution is 9.10. The number of nitrogens with one attached hydrogen (secondary N) is 1. The van der Waals surface area contributed by atoms with Crippen LogP contribution in [0, 0.1) is 5.82 Å². The fourth-order valence-electron chi connectivity index (χ4n) is 3.08. The van der Waals surface area contributed by atoms with Gasteiger partial charge in [-0.2, -0.15) is 5.10 Å². The number of amides is 1. The van der Waals surface area contributed by atoms with Gasteiger partial charge in [0.15, 0.2) is 0 Å². The summed E-state index contributed by atoms with van der Waals surface area (Å²) in [5.74, 6) is -0.422. The average Bonchev–Trinajstić information content (AvgIpc) is 3.08. The SMILES string of the molecule is O=C(Cc1ccccc1Cl)Nc1cc(Br)c2cn(Cc3ccc(F)cc3)nc2c1. The summed E-state index contributed by atoms with van der Waals surface area (Å²) in [6.45, 7) is 0.523. The Bertz CT molecular complexity index is 1190. The fraction of sp³-hybridized carbons (Fsp3) is 0.0909. The molecule has 1 amide bonds. The van der Waals surface area contributed by atoms with Gasteiger partial charge < -0.3 is 5.32 Å². The number of carbonyl (C=O) groups excluding carboxylic acids is 1. The van der Waals surface area contributed by atoms with Gasteiger partial charge in [-0.15, -0.1) is 0 Å². The van der Waals surface area contributed by atoms with Crippen LogP contribution < -0.4 is 5.32 Å². The first-order chi connectivity index (χ1) is 14.0. The van der Waals surface area contributed by atoms with Crippen LogP contribution in [0.3, 0.4) is 0 Å². The molecule has 4 nitrogen and oxygen atoms in total. The van der Waals surface area contributed by atoms with Crippen molar-refractivity contribution in [2.75, 3.05) is 5.32 Å². The van der Waals surface area contributed by atoms with Crippen LogP contribution in [0.5, 0.6) is 0 Å². The Balaban J connectivity index is 1.53. The molecule has 4 rings (SSSR count). The van der Waals surface area contributed by atoms with Gasteiger partial charge >= 0.3 is 0 Å². The fourth-order valence-corrected chi connectivity index (χ4v) is 3.83. The maximum atomic E-state index is 13.1. The van der Waals surface area contributed by atoms with Gasteiger partial charge in [-0.1, -0.05) is 41.9 Å². The van der Waals surface area contributed by atoms with Crippen LogP contribution in [-0.4, -0.2) is 15.7 Å². The van der Waals surface area contributed by atoms with Crippen molar-refractivity contribution in [3.05, 3.63) is 93.3 Å².